The fraction of sp³-hybridized carbons (Fsp3) is 0.875. The van der Waals surface area contributed by atoms with Crippen LogP contribution in [0.3, 0.4) is 0 Å². The molecule has 0 bridgehead atoms. The van der Waals surface area contributed by atoms with Gasteiger partial charge in [-0.1, -0.05) is 33.1 Å². The number of carbonyl (C=O) groups is 2. The number of hydrogen-bond donors (Lipinski definition) is 2. The van der Waals surface area contributed by atoms with Crippen molar-refractivity contribution in [3.05, 3.63) is 0 Å². The Bertz CT molecular complexity index is 388. The highest BCUT2D eigenvalue weighted by atomic mass is 16.5. The Morgan fingerprint density at radius 1 is 1.19 bits per heavy atom. The molecular formula is C16H27NO4. The number of hydrogen-bond acceptors (Lipinski definition) is 3. The molecule has 5 nitrogen and oxygen atoms in total. The Morgan fingerprint density at radius 3 is 2.43 bits per heavy atom. The van der Waals surface area contributed by atoms with E-state index in [4.69, 9.17) is 9.84 Å². The van der Waals surface area contributed by atoms with Gasteiger partial charge >= 0.3 is 5.97 Å². The van der Waals surface area contributed by atoms with Crippen molar-refractivity contribution < 1.29 is 19.4 Å². The first kappa shape index (κ1) is 16.3. The topological polar surface area (TPSA) is 75.6 Å². The normalized spacial score (nSPS) is 28.1. The maximum atomic E-state index is 12.0. The predicted octanol–water partition coefficient (Wildman–Crippen LogP) is 2.20. The van der Waals surface area contributed by atoms with Crippen molar-refractivity contribution in [3.8, 4) is 0 Å². The fourth-order valence-electron chi connectivity index (χ4n) is 3.46. The number of nitrogens with one attached hydrogen (secondary N) is 1. The van der Waals surface area contributed by atoms with E-state index in [0.29, 0.717) is 19.3 Å². The molecule has 2 atom stereocenters. The van der Waals surface area contributed by atoms with E-state index >= 15 is 0 Å². The van der Waals surface area contributed by atoms with Gasteiger partial charge in [0.05, 0.1) is 17.9 Å². The van der Waals surface area contributed by atoms with E-state index in [1.807, 2.05) is 13.8 Å². The molecule has 0 aromatic heterocycles. The zero-order chi connectivity index (χ0) is 15.5. The summed E-state index contributed by atoms with van der Waals surface area (Å²) in [5.74, 6) is -1.95. The molecule has 2 saturated carbocycles. The fourth-order valence-corrected chi connectivity index (χ4v) is 3.46. The first-order valence-corrected chi connectivity index (χ1v) is 8.06. The highest BCUT2D eigenvalue weighted by Crippen LogP contribution is 2.58. The molecule has 2 rings (SSSR count). The van der Waals surface area contributed by atoms with E-state index in [2.05, 4.69) is 5.32 Å². The third-order valence-corrected chi connectivity index (χ3v) is 4.90. The summed E-state index contributed by atoms with van der Waals surface area (Å²) in [5.41, 5.74) is -0.422. The van der Waals surface area contributed by atoms with E-state index in [-0.39, 0.29) is 5.91 Å². The lowest BCUT2D eigenvalue weighted by Gasteiger charge is -2.21. The molecule has 0 aromatic carbocycles. The molecule has 5 heteroatoms. The van der Waals surface area contributed by atoms with Crippen LogP contribution < -0.4 is 5.32 Å². The first-order valence-electron chi connectivity index (χ1n) is 8.06. The molecule has 0 aromatic rings. The van der Waals surface area contributed by atoms with E-state index in [0.717, 1.165) is 19.3 Å². The Balaban J connectivity index is 1.59. The van der Waals surface area contributed by atoms with E-state index in [1.165, 1.54) is 19.3 Å². The van der Waals surface area contributed by atoms with Gasteiger partial charge in [0, 0.05) is 13.2 Å². The molecule has 1 amide bonds. The largest absolute Gasteiger partial charge is 0.481 e. The summed E-state index contributed by atoms with van der Waals surface area (Å²) >= 11 is 0. The summed E-state index contributed by atoms with van der Waals surface area (Å²) in [7, 11) is 0. The summed E-state index contributed by atoms with van der Waals surface area (Å²) in [6.07, 6.45) is 7.33. The average molecular weight is 297 g/mol. The van der Waals surface area contributed by atoms with Crippen LogP contribution in [0.25, 0.3) is 0 Å². The van der Waals surface area contributed by atoms with Crippen molar-refractivity contribution in [1.29, 1.82) is 0 Å². The maximum absolute atomic E-state index is 12.0. The minimum atomic E-state index is -0.874. The highest BCUT2D eigenvalue weighted by Gasteiger charge is 2.65. The standard InChI is InChI=1S/C16H27NO4/c1-16(2)12(13(16)15(19)20)14(18)17-9-6-10-21-11-7-4-3-5-8-11/h11-13H,3-10H2,1-2H3,(H,17,18)(H,19,20). The second-order valence-electron chi connectivity index (χ2n) is 6.89. The van der Waals surface area contributed by atoms with E-state index < -0.39 is 23.2 Å². The zero-order valence-electron chi connectivity index (χ0n) is 13.1. The van der Waals surface area contributed by atoms with Crippen molar-refractivity contribution in [3.63, 3.8) is 0 Å². The number of ether oxygens (including phenoxy) is 1. The van der Waals surface area contributed by atoms with Crippen LogP contribution in [0.1, 0.15) is 52.4 Å². The van der Waals surface area contributed by atoms with Crippen molar-refractivity contribution >= 4 is 11.9 Å². The van der Waals surface area contributed by atoms with Gasteiger partial charge in [0.2, 0.25) is 5.91 Å². The minimum absolute atomic E-state index is 0.134. The van der Waals surface area contributed by atoms with Crippen LogP contribution in [-0.4, -0.2) is 36.2 Å². The van der Waals surface area contributed by atoms with Crippen LogP contribution in [0, 0.1) is 17.3 Å². The van der Waals surface area contributed by atoms with Gasteiger partial charge < -0.3 is 15.2 Å². The lowest BCUT2D eigenvalue weighted by molar-refractivity contribution is -0.140. The molecule has 0 saturated heterocycles. The van der Waals surface area contributed by atoms with Gasteiger partial charge in [0.25, 0.3) is 0 Å². The van der Waals surface area contributed by atoms with Gasteiger partial charge in [0.15, 0.2) is 0 Å². The third-order valence-electron chi connectivity index (χ3n) is 4.90. The Labute approximate surface area is 126 Å². The average Bonchev–Trinajstić information content (AvgIpc) is 3.02. The molecule has 2 aliphatic rings. The molecule has 0 radical (unpaired) electrons. The third kappa shape index (κ3) is 3.96. The lowest BCUT2D eigenvalue weighted by atomic mass is 9.98. The molecular weight excluding hydrogens is 270 g/mol. The van der Waals surface area contributed by atoms with E-state index in [9.17, 15) is 9.59 Å². The summed E-state index contributed by atoms with van der Waals surface area (Å²) in [6.45, 7) is 4.90. The van der Waals surface area contributed by atoms with Gasteiger partial charge in [-0.25, -0.2) is 0 Å². The second kappa shape index (κ2) is 6.77. The molecule has 2 aliphatic carbocycles. The molecule has 0 aliphatic heterocycles. The Hall–Kier alpha value is -1.10. The number of carbonyl (C=O) groups excluding carboxylic acids is 1. The molecule has 120 valence electrons. The molecule has 2 N–H and O–H groups in total. The van der Waals surface area contributed by atoms with Gasteiger partial charge in [-0.2, -0.15) is 0 Å². The maximum Gasteiger partial charge on any atom is 0.307 e. The monoisotopic (exact) mass is 297 g/mol. The van der Waals surface area contributed by atoms with E-state index in [1.54, 1.807) is 0 Å². The van der Waals surface area contributed by atoms with Crippen LogP contribution in [-0.2, 0) is 14.3 Å². The number of amides is 1. The van der Waals surface area contributed by atoms with Gasteiger partial charge in [-0.15, -0.1) is 0 Å². The number of carboxylic acids is 1. The number of rotatable bonds is 7. The number of aliphatic carboxylic acids is 1. The quantitative estimate of drug-likeness (QED) is 0.706. The second-order valence-corrected chi connectivity index (χ2v) is 6.89. The van der Waals surface area contributed by atoms with Crippen molar-refractivity contribution in [2.45, 2.75) is 58.5 Å². The SMILES string of the molecule is CC1(C)C(C(=O)O)C1C(=O)NCCCOC1CCCCC1. The van der Waals surface area contributed by atoms with Gasteiger partial charge in [-0.05, 0) is 24.7 Å². The highest BCUT2D eigenvalue weighted by molar-refractivity contribution is 5.91. The van der Waals surface area contributed by atoms with Crippen LogP contribution >= 0.6 is 0 Å². The first-order chi connectivity index (χ1) is 9.94. The van der Waals surface area contributed by atoms with Crippen LogP contribution in [0.15, 0.2) is 0 Å². The Morgan fingerprint density at radius 2 is 1.86 bits per heavy atom. The minimum Gasteiger partial charge on any atom is -0.481 e. The van der Waals surface area contributed by atoms with Gasteiger partial charge in [0.1, 0.15) is 0 Å². The molecule has 0 spiro atoms. The Kier molecular flexibility index (Phi) is 5.25. The van der Waals surface area contributed by atoms with Crippen molar-refractivity contribution in [2.24, 2.45) is 17.3 Å². The van der Waals surface area contributed by atoms with Crippen LogP contribution in [0.4, 0.5) is 0 Å². The molecule has 0 heterocycles. The zero-order valence-corrected chi connectivity index (χ0v) is 13.1. The summed E-state index contributed by atoms with van der Waals surface area (Å²) in [4.78, 5) is 23.0. The van der Waals surface area contributed by atoms with Crippen molar-refractivity contribution in [1.82, 2.24) is 5.32 Å². The lowest BCUT2D eigenvalue weighted by Crippen LogP contribution is -2.29. The summed E-state index contributed by atoms with van der Waals surface area (Å²) in [5, 5.41) is 11.9. The smallest absolute Gasteiger partial charge is 0.307 e. The van der Waals surface area contributed by atoms with Crippen LogP contribution in [0.5, 0.6) is 0 Å². The van der Waals surface area contributed by atoms with Crippen molar-refractivity contribution in [2.75, 3.05) is 13.2 Å². The van der Waals surface area contributed by atoms with Crippen LogP contribution in [0.2, 0.25) is 0 Å². The number of carboxylic acid groups (broad SMARTS) is 1. The molecule has 2 unspecified atom stereocenters. The summed E-state index contributed by atoms with van der Waals surface area (Å²) in [6, 6.07) is 0. The summed E-state index contributed by atoms with van der Waals surface area (Å²) < 4.78 is 5.80. The van der Waals surface area contributed by atoms with Gasteiger partial charge in [-0.3, -0.25) is 9.59 Å². The molecule has 21 heavy (non-hydrogen) atoms. The molecule has 2 fully saturated rings. The predicted molar refractivity (Wildman–Crippen MR) is 78.8 cm³/mol.